The van der Waals surface area contributed by atoms with Gasteiger partial charge in [-0.25, -0.2) is 0 Å². The van der Waals surface area contributed by atoms with Gasteiger partial charge in [0.15, 0.2) is 5.96 Å². The zero-order chi connectivity index (χ0) is 15.3. The standard InChI is InChI=1S/C16H31N5.HI/c1-15(2)9-6-4-5-7-10-18-16(17-3)19-12-14-21-13-8-11-20-21;/h8,11,13,15H,4-7,9-10,12,14H2,1-3H3,(H2,17,18,19);1H. The van der Waals surface area contributed by atoms with E-state index in [1.54, 1.807) is 6.20 Å². The van der Waals surface area contributed by atoms with Crippen LogP contribution in [0.5, 0.6) is 0 Å². The van der Waals surface area contributed by atoms with Crippen molar-refractivity contribution < 1.29 is 0 Å². The van der Waals surface area contributed by atoms with Crippen LogP contribution in [-0.2, 0) is 6.54 Å². The number of unbranched alkanes of at least 4 members (excludes halogenated alkanes) is 3. The molecule has 1 heterocycles. The molecule has 0 fully saturated rings. The van der Waals surface area contributed by atoms with Crippen LogP contribution < -0.4 is 10.6 Å². The zero-order valence-electron chi connectivity index (χ0n) is 14.2. The summed E-state index contributed by atoms with van der Waals surface area (Å²) in [5, 5.41) is 10.8. The van der Waals surface area contributed by atoms with Crippen LogP contribution in [0.4, 0.5) is 0 Å². The van der Waals surface area contributed by atoms with Crippen molar-refractivity contribution in [3.8, 4) is 0 Å². The Morgan fingerprint density at radius 2 is 1.86 bits per heavy atom. The number of rotatable bonds is 10. The molecule has 0 aliphatic heterocycles. The highest BCUT2D eigenvalue weighted by atomic mass is 127. The fourth-order valence-electron chi connectivity index (χ4n) is 2.18. The van der Waals surface area contributed by atoms with Gasteiger partial charge in [-0.1, -0.05) is 39.5 Å². The highest BCUT2D eigenvalue weighted by Gasteiger charge is 1.98. The van der Waals surface area contributed by atoms with Crippen molar-refractivity contribution >= 4 is 29.9 Å². The number of hydrogen-bond acceptors (Lipinski definition) is 2. The van der Waals surface area contributed by atoms with Crippen LogP contribution >= 0.6 is 24.0 Å². The molecule has 1 rings (SSSR count). The molecule has 0 aliphatic rings. The lowest BCUT2D eigenvalue weighted by Crippen LogP contribution is -2.39. The summed E-state index contributed by atoms with van der Waals surface area (Å²) in [7, 11) is 1.81. The van der Waals surface area contributed by atoms with E-state index in [2.05, 4.69) is 34.6 Å². The van der Waals surface area contributed by atoms with Crippen LogP contribution in [0.15, 0.2) is 23.5 Å². The van der Waals surface area contributed by atoms with Gasteiger partial charge in [0.05, 0.1) is 6.54 Å². The molecule has 1 aromatic heterocycles. The van der Waals surface area contributed by atoms with Gasteiger partial charge in [0.25, 0.3) is 0 Å². The molecule has 0 unspecified atom stereocenters. The Morgan fingerprint density at radius 3 is 2.50 bits per heavy atom. The minimum atomic E-state index is 0. The van der Waals surface area contributed by atoms with E-state index in [9.17, 15) is 0 Å². The topological polar surface area (TPSA) is 54.2 Å². The summed E-state index contributed by atoms with van der Waals surface area (Å²) in [4.78, 5) is 4.23. The van der Waals surface area contributed by atoms with Gasteiger partial charge in [0.1, 0.15) is 0 Å². The number of nitrogens with zero attached hydrogens (tertiary/aromatic N) is 3. The van der Waals surface area contributed by atoms with Crippen LogP contribution in [0, 0.1) is 5.92 Å². The third-order valence-corrected chi connectivity index (χ3v) is 3.42. The normalized spacial score (nSPS) is 11.4. The molecule has 128 valence electrons. The average Bonchev–Trinajstić information content (AvgIpc) is 2.97. The molecular formula is C16H32IN5. The molecule has 0 amide bonds. The number of aromatic nitrogens is 2. The number of halogens is 1. The van der Waals surface area contributed by atoms with E-state index in [4.69, 9.17) is 0 Å². The van der Waals surface area contributed by atoms with Gasteiger partial charge in [0, 0.05) is 32.5 Å². The Balaban J connectivity index is 0.00000441. The van der Waals surface area contributed by atoms with Crippen molar-refractivity contribution in [2.75, 3.05) is 20.1 Å². The Kier molecular flexibility index (Phi) is 13.3. The lowest BCUT2D eigenvalue weighted by atomic mass is 10.0. The molecule has 0 aromatic carbocycles. The van der Waals surface area contributed by atoms with Crippen molar-refractivity contribution in [2.45, 2.75) is 52.5 Å². The van der Waals surface area contributed by atoms with Crippen LogP contribution in [0.3, 0.4) is 0 Å². The van der Waals surface area contributed by atoms with Gasteiger partial charge in [-0.2, -0.15) is 5.10 Å². The highest BCUT2D eigenvalue weighted by Crippen LogP contribution is 2.08. The average molecular weight is 421 g/mol. The fraction of sp³-hybridized carbons (Fsp3) is 0.750. The number of guanidine groups is 1. The third kappa shape index (κ3) is 10.9. The minimum Gasteiger partial charge on any atom is -0.356 e. The highest BCUT2D eigenvalue weighted by molar-refractivity contribution is 14.0. The van der Waals surface area contributed by atoms with Crippen LogP contribution in [0.1, 0.15) is 46.0 Å². The predicted molar refractivity (Wildman–Crippen MR) is 105 cm³/mol. The van der Waals surface area contributed by atoms with Crippen molar-refractivity contribution in [3.05, 3.63) is 18.5 Å². The van der Waals surface area contributed by atoms with Crippen molar-refractivity contribution in [1.29, 1.82) is 0 Å². The molecular weight excluding hydrogens is 389 g/mol. The van der Waals surface area contributed by atoms with Gasteiger partial charge in [0.2, 0.25) is 0 Å². The molecule has 0 saturated heterocycles. The van der Waals surface area contributed by atoms with Gasteiger partial charge in [-0.3, -0.25) is 9.67 Å². The summed E-state index contributed by atoms with van der Waals surface area (Å²) in [5.74, 6) is 1.71. The second-order valence-electron chi connectivity index (χ2n) is 5.79. The molecule has 0 bridgehead atoms. The van der Waals surface area contributed by atoms with E-state index in [0.717, 1.165) is 31.5 Å². The largest absolute Gasteiger partial charge is 0.356 e. The summed E-state index contributed by atoms with van der Waals surface area (Å²) in [6.45, 7) is 7.25. The maximum absolute atomic E-state index is 4.23. The molecule has 1 aromatic rings. The van der Waals surface area contributed by atoms with E-state index in [1.165, 1.54) is 32.1 Å². The first-order valence-corrected chi connectivity index (χ1v) is 8.14. The summed E-state index contributed by atoms with van der Waals surface area (Å²) in [6.07, 6.45) is 10.3. The lowest BCUT2D eigenvalue weighted by molar-refractivity contribution is 0.518. The summed E-state index contributed by atoms with van der Waals surface area (Å²) in [6, 6.07) is 1.94. The quantitative estimate of drug-likeness (QED) is 0.264. The zero-order valence-corrected chi connectivity index (χ0v) is 16.5. The molecule has 2 N–H and O–H groups in total. The van der Waals surface area contributed by atoms with Crippen molar-refractivity contribution in [1.82, 2.24) is 20.4 Å². The van der Waals surface area contributed by atoms with Crippen LogP contribution in [0.25, 0.3) is 0 Å². The van der Waals surface area contributed by atoms with E-state index in [0.29, 0.717) is 0 Å². The van der Waals surface area contributed by atoms with Crippen molar-refractivity contribution in [2.24, 2.45) is 10.9 Å². The molecule has 5 nitrogen and oxygen atoms in total. The molecule has 0 saturated carbocycles. The van der Waals surface area contributed by atoms with Crippen LogP contribution in [0.2, 0.25) is 0 Å². The molecule has 0 atom stereocenters. The first-order valence-electron chi connectivity index (χ1n) is 8.14. The maximum Gasteiger partial charge on any atom is 0.191 e. The Bertz CT molecular complexity index is 376. The Hall–Kier alpha value is -0.790. The summed E-state index contributed by atoms with van der Waals surface area (Å²) < 4.78 is 1.91. The van der Waals surface area contributed by atoms with E-state index in [1.807, 2.05) is 24.0 Å². The lowest BCUT2D eigenvalue weighted by Gasteiger charge is -2.12. The van der Waals surface area contributed by atoms with Gasteiger partial charge < -0.3 is 10.6 Å². The molecule has 0 spiro atoms. The second kappa shape index (κ2) is 13.8. The van der Waals surface area contributed by atoms with Gasteiger partial charge in [-0.15, -0.1) is 24.0 Å². The van der Waals surface area contributed by atoms with Crippen molar-refractivity contribution in [3.63, 3.8) is 0 Å². The van der Waals surface area contributed by atoms with Gasteiger partial charge >= 0.3 is 0 Å². The monoisotopic (exact) mass is 421 g/mol. The minimum absolute atomic E-state index is 0. The van der Waals surface area contributed by atoms with E-state index in [-0.39, 0.29) is 24.0 Å². The predicted octanol–water partition coefficient (Wildman–Crippen LogP) is 3.27. The Labute approximate surface area is 152 Å². The number of nitrogens with one attached hydrogen (secondary N) is 2. The molecule has 0 aliphatic carbocycles. The second-order valence-corrected chi connectivity index (χ2v) is 5.79. The fourth-order valence-corrected chi connectivity index (χ4v) is 2.18. The molecule has 0 radical (unpaired) electrons. The molecule has 6 heteroatoms. The first kappa shape index (κ1) is 21.2. The smallest absolute Gasteiger partial charge is 0.191 e. The Morgan fingerprint density at radius 1 is 1.14 bits per heavy atom. The maximum atomic E-state index is 4.23. The summed E-state index contributed by atoms with van der Waals surface area (Å²) in [5.41, 5.74) is 0. The first-order chi connectivity index (χ1) is 10.2. The SMILES string of the molecule is CN=C(NCCCCCCC(C)C)NCCn1cccn1.I. The van der Waals surface area contributed by atoms with E-state index >= 15 is 0 Å². The molecule has 22 heavy (non-hydrogen) atoms. The van der Waals surface area contributed by atoms with Crippen LogP contribution in [-0.4, -0.2) is 35.9 Å². The number of hydrogen-bond donors (Lipinski definition) is 2. The summed E-state index contributed by atoms with van der Waals surface area (Å²) >= 11 is 0. The third-order valence-electron chi connectivity index (χ3n) is 3.42. The van der Waals surface area contributed by atoms with Gasteiger partial charge in [-0.05, 0) is 18.4 Å². The number of aliphatic imine (C=N–C) groups is 1. The van der Waals surface area contributed by atoms with E-state index < -0.39 is 0 Å².